The Balaban J connectivity index is 2.84. The van der Waals surface area contributed by atoms with Gasteiger partial charge in [-0.25, -0.2) is 9.69 Å². The number of amides is 1. The molecule has 0 radical (unpaired) electrons. The summed E-state index contributed by atoms with van der Waals surface area (Å²) in [6.07, 6.45) is -1.12. The highest BCUT2D eigenvalue weighted by Crippen LogP contribution is 2.05. The standard InChI is InChI=1S/C5H7N3O3/c1-3-6-4(7-11-3)8(2)5(9)10/h1-2H3,(H,9,10). The van der Waals surface area contributed by atoms with Gasteiger partial charge in [0, 0.05) is 14.0 Å². The minimum atomic E-state index is -1.12. The Labute approximate surface area is 62.4 Å². The van der Waals surface area contributed by atoms with Crippen molar-refractivity contribution in [3.05, 3.63) is 5.89 Å². The van der Waals surface area contributed by atoms with Gasteiger partial charge < -0.3 is 9.63 Å². The zero-order chi connectivity index (χ0) is 8.43. The average Bonchev–Trinajstić information content (AvgIpc) is 2.34. The van der Waals surface area contributed by atoms with Crippen molar-refractivity contribution in [2.75, 3.05) is 11.9 Å². The van der Waals surface area contributed by atoms with E-state index in [-0.39, 0.29) is 5.95 Å². The third kappa shape index (κ3) is 1.46. The van der Waals surface area contributed by atoms with E-state index in [4.69, 9.17) is 5.11 Å². The highest BCUT2D eigenvalue weighted by molar-refractivity contribution is 5.82. The summed E-state index contributed by atoms with van der Waals surface area (Å²) < 4.78 is 4.57. The predicted octanol–water partition coefficient (Wildman–Crippen LogP) is 0.492. The normalized spacial score (nSPS) is 9.64. The van der Waals surface area contributed by atoms with Crippen LogP contribution in [0.25, 0.3) is 0 Å². The van der Waals surface area contributed by atoms with Crippen LogP contribution in [-0.4, -0.2) is 28.4 Å². The van der Waals surface area contributed by atoms with Crippen LogP contribution < -0.4 is 4.90 Å². The summed E-state index contributed by atoms with van der Waals surface area (Å²) in [7, 11) is 1.34. The topological polar surface area (TPSA) is 79.5 Å². The van der Waals surface area contributed by atoms with Gasteiger partial charge in [-0.2, -0.15) is 4.98 Å². The summed E-state index contributed by atoms with van der Waals surface area (Å²) in [5.41, 5.74) is 0. The van der Waals surface area contributed by atoms with E-state index in [2.05, 4.69) is 14.7 Å². The Morgan fingerprint density at radius 1 is 1.73 bits per heavy atom. The van der Waals surface area contributed by atoms with Gasteiger partial charge in [-0.05, 0) is 5.16 Å². The molecule has 6 heteroatoms. The van der Waals surface area contributed by atoms with Gasteiger partial charge in [-0.1, -0.05) is 0 Å². The molecule has 0 aromatic carbocycles. The van der Waals surface area contributed by atoms with Crippen molar-refractivity contribution in [3.63, 3.8) is 0 Å². The molecule has 0 aliphatic carbocycles. The maximum Gasteiger partial charge on any atom is 0.414 e. The van der Waals surface area contributed by atoms with Crippen LogP contribution in [0.5, 0.6) is 0 Å². The van der Waals surface area contributed by atoms with E-state index in [1.165, 1.54) is 7.05 Å². The van der Waals surface area contributed by atoms with Crippen LogP contribution in [0.15, 0.2) is 4.52 Å². The van der Waals surface area contributed by atoms with Crippen LogP contribution in [0.3, 0.4) is 0 Å². The smallest absolute Gasteiger partial charge is 0.414 e. The van der Waals surface area contributed by atoms with Gasteiger partial charge in [-0.3, -0.25) is 0 Å². The first-order valence-electron chi connectivity index (χ1n) is 2.88. The lowest BCUT2D eigenvalue weighted by Gasteiger charge is -2.04. The predicted molar refractivity (Wildman–Crippen MR) is 35.5 cm³/mol. The van der Waals surface area contributed by atoms with Gasteiger partial charge >= 0.3 is 6.09 Å². The molecule has 0 saturated carbocycles. The van der Waals surface area contributed by atoms with E-state index in [0.29, 0.717) is 5.89 Å². The molecule has 0 saturated heterocycles. The lowest BCUT2D eigenvalue weighted by molar-refractivity contribution is 0.202. The largest absolute Gasteiger partial charge is 0.465 e. The van der Waals surface area contributed by atoms with E-state index >= 15 is 0 Å². The average molecular weight is 157 g/mol. The van der Waals surface area contributed by atoms with E-state index in [0.717, 1.165) is 4.90 Å². The first-order valence-corrected chi connectivity index (χ1v) is 2.88. The van der Waals surface area contributed by atoms with Gasteiger partial charge in [-0.15, -0.1) is 0 Å². The number of carboxylic acid groups (broad SMARTS) is 1. The van der Waals surface area contributed by atoms with E-state index in [1.807, 2.05) is 0 Å². The summed E-state index contributed by atoms with van der Waals surface area (Å²) >= 11 is 0. The molecule has 0 aliphatic rings. The van der Waals surface area contributed by atoms with Gasteiger partial charge in [0.25, 0.3) is 5.95 Å². The van der Waals surface area contributed by atoms with E-state index in [1.54, 1.807) is 6.92 Å². The Morgan fingerprint density at radius 2 is 2.36 bits per heavy atom. The summed E-state index contributed by atoms with van der Waals surface area (Å²) in [6, 6.07) is 0. The lowest BCUT2D eigenvalue weighted by atomic mass is 10.7. The Kier molecular flexibility index (Phi) is 1.75. The molecule has 1 amide bonds. The molecule has 0 atom stereocenters. The number of aryl methyl sites for hydroxylation is 1. The minimum Gasteiger partial charge on any atom is -0.465 e. The van der Waals surface area contributed by atoms with Crippen molar-refractivity contribution < 1.29 is 14.4 Å². The molecule has 1 N–H and O–H groups in total. The van der Waals surface area contributed by atoms with Crippen molar-refractivity contribution in [2.45, 2.75) is 6.92 Å². The minimum absolute atomic E-state index is 0.0509. The summed E-state index contributed by atoms with van der Waals surface area (Å²) in [4.78, 5) is 14.9. The SMILES string of the molecule is Cc1nc(N(C)C(=O)O)no1. The maximum absolute atomic E-state index is 10.3. The summed E-state index contributed by atoms with van der Waals surface area (Å²) in [6.45, 7) is 1.59. The fourth-order valence-corrected chi connectivity index (χ4v) is 0.510. The summed E-state index contributed by atoms with van der Waals surface area (Å²) in [5, 5.41) is 11.8. The van der Waals surface area contributed by atoms with Crippen LogP contribution in [0.4, 0.5) is 10.7 Å². The zero-order valence-corrected chi connectivity index (χ0v) is 6.11. The van der Waals surface area contributed by atoms with Crippen molar-refractivity contribution in [3.8, 4) is 0 Å². The first kappa shape index (κ1) is 7.52. The highest BCUT2D eigenvalue weighted by Gasteiger charge is 2.13. The number of aromatic nitrogens is 2. The number of anilines is 1. The molecule has 0 bridgehead atoms. The molecule has 1 aromatic rings. The lowest BCUT2D eigenvalue weighted by Crippen LogP contribution is -2.24. The molecule has 60 valence electrons. The summed E-state index contributed by atoms with van der Waals surface area (Å²) in [5.74, 6) is 0.392. The molecule has 6 nitrogen and oxygen atoms in total. The van der Waals surface area contributed by atoms with Crippen LogP contribution in [0.2, 0.25) is 0 Å². The van der Waals surface area contributed by atoms with Crippen molar-refractivity contribution in [1.29, 1.82) is 0 Å². The molecule has 0 spiro atoms. The molecule has 1 heterocycles. The molecular weight excluding hydrogens is 150 g/mol. The highest BCUT2D eigenvalue weighted by atomic mass is 16.5. The third-order valence-corrected chi connectivity index (χ3v) is 1.10. The monoisotopic (exact) mass is 157 g/mol. The van der Waals surface area contributed by atoms with Gasteiger partial charge in [0.2, 0.25) is 5.89 Å². The van der Waals surface area contributed by atoms with Crippen molar-refractivity contribution >= 4 is 12.0 Å². The zero-order valence-electron chi connectivity index (χ0n) is 6.11. The number of hydrogen-bond donors (Lipinski definition) is 1. The second-order valence-corrected chi connectivity index (χ2v) is 1.95. The number of carbonyl (C=O) groups is 1. The van der Waals surface area contributed by atoms with Crippen LogP contribution in [0, 0.1) is 6.92 Å². The van der Waals surface area contributed by atoms with Crippen LogP contribution in [-0.2, 0) is 0 Å². The molecule has 0 aliphatic heterocycles. The Morgan fingerprint density at radius 3 is 2.73 bits per heavy atom. The molecule has 1 rings (SSSR count). The fraction of sp³-hybridized carbons (Fsp3) is 0.400. The van der Waals surface area contributed by atoms with Crippen LogP contribution in [0.1, 0.15) is 5.89 Å². The van der Waals surface area contributed by atoms with Gasteiger partial charge in [0.15, 0.2) is 0 Å². The van der Waals surface area contributed by atoms with E-state index in [9.17, 15) is 4.79 Å². The fourth-order valence-electron chi connectivity index (χ4n) is 0.510. The molecular formula is C5H7N3O3. The third-order valence-electron chi connectivity index (χ3n) is 1.10. The van der Waals surface area contributed by atoms with Crippen molar-refractivity contribution in [1.82, 2.24) is 10.1 Å². The molecule has 0 fully saturated rings. The molecule has 1 aromatic heterocycles. The Hall–Kier alpha value is -1.59. The number of hydrogen-bond acceptors (Lipinski definition) is 4. The van der Waals surface area contributed by atoms with Crippen molar-refractivity contribution in [2.24, 2.45) is 0 Å². The number of nitrogens with zero attached hydrogens (tertiary/aromatic N) is 3. The first-order chi connectivity index (χ1) is 5.11. The number of rotatable bonds is 1. The molecule has 0 unspecified atom stereocenters. The quantitative estimate of drug-likeness (QED) is 0.641. The second-order valence-electron chi connectivity index (χ2n) is 1.95. The maximum atomic E-state index is 10.3. The molecule has 11 heavy (non-hydrogen) atoms. The van der Waals surface area contributed by atoms with Gasteiger partial charge in [0.05, 0.1) is 0 Å². The Bertz CT molecular complexity index is 270. The van der Waals surface area contributed by atoms with E-state index < -0.39 is 6.09 Å². The van der Waals surface area contributed by atoms with Gasteiger partial charge in [0.1, 0.15) is 0 Å². The van der Waals surface area contributed by atoms with Crippen LogP contribution >= 0.6 is 0 Å². The second kappa shape index (κ2) is 2.57.